The van der Waals surface area contributed by atoms with E-state index in [0.29, 0.717) is 0 Å². The Bertz CT molecular complexity index is 204. The van der Waals surface area contributed by atoms with Gasteiger partial charge in [0.2, 0.25) is 0 Å². The van der Waals surface area contributed by atoms with Gasteiger partial charge < -0.3 is 0 Å². The molecule has 0 saturated heterocycles. The molecule has 0 spiro atoms. The summed E-state index contributed by atoms with van der Waals surface area (Å²) in [5, 5.41) is 1.12. The zero-order valence-corrected chi connectivity index (χ0v) is 9.23. The molecule has 3 heteroatoms. The van der Waals surface area contributed by atoms with Crippen molar-refractivity contribution in [3.63, 3.8) is 0 Å². The summed E-state index contributed by atoms with van der Waals surface area (Å²) in [6.45, 7) is 0. The maximum absolute atomic E-state index is 3.47. The minimum atomic E-state index is 1.10. The van der Waals surface area contributed by atoms with Gasteiger partial charge in [0.25, 0.3) is 0 Å². The molecule has 0 aliphatic heterocycles. The zero-order chi connectivity index (χ0) is 6.85. The van der Waals surface area contributed by atoms with Crippen molar-refractivity contribution in [2.24, 2.45) is 0 Å². The average molecular weight is 310 g/mol. The van der Waals surface area contributed by atoms with Crippen LogP contribution in [0, 0.1) is 3.57 Å². The second kappa shape index (κ2) is 3.16. The van der Waals surface area contributed by atoms with Gasteiger partial charge in [-0.1, -0.05) is 22.0 Å². The molecule has 0 saturated carbocycles. The van der Waals surface area contributed by atoms with Crippen LogP contribution in [0.5, 0.6) is 0 Å². The first-order chi connectivity index (χ1) is 4.22. The fraction of sp³-hybridized carbons (Fsp3) is 0. The molecule has 0 aromatic heterocycles. The monoisotopic (exact) mass is 309 g/mol. The van der Waals surface area contributed by atoms with E-state index in [4.69, 9.17) is 0 Å². The van der Waals surface area contributed by atoms with E-state index in [9.17, 15) is 0 Å². The molecule has 0 amide bonds. The molecule has 0 nitrogen and oxygen atoms in total. The van der Waals surface area contributed by atoms with Crippen LogP contribution in [0.25, 0.3) is 0 Å². The highest BCUT2D eigenvalue weighted by atomic mass is 127. The largest absolute Gasteiger partial charge is 0.0742 e. The highest BCUT2D eigenvalue weighted by molar-refractivity contribution is 14.1. The van der Waals surface area contributed by atoms with E-state index in [2.05, 4.69) is 48.8 Å². The first kappa shape index (κ1) is 7.75. The Morgan fingerprint density at radius 3 is 2.56 bits per heavy atom. The standard InChI is InChI=1S/C6H3BrISi/c7-4-2-1-3-5(8)6(4)9/h1-3H. The Morgan fingerprint density at radius 2 is 2.11 bits per heavy atom. The highest BCUT2D eigenvalue weighted by Gasteiger charge is 1.95. The van der Waals surface area contributed by atoms with Crippen molar-refractivity contribution in [1.82, 2.24) is 0 Å². The van der Waals surface area contributed by atoms with Crippen LogP contribution in [0.15, 0.2) is 22.7 Å². The molecule has 0 N–H and O–H groups in total. The van der Waals surface area contributed by atoms with E-state index in [1.807, 2.05) is 18.2 Å². The zero-order valence-electron chi connectivity index (χ0n) is 4.49. The Hall–Kier alpha value is 0.647. The van der Waals surface area contributed by atoms with E-state index < -0.39 is 0 Å². The van der Waals surface area contributed by atoms with Gasteiger partial charge in [-0.2, -0.15) is 0 Å². The molecule has 0 bridgehead atoms. The van der Waals surface area contributed by atoms with Gasteiger partial charge in [-0.05, 0) is 39.9 Å². The molecule has 1 rings (SSSR count). The SMILES string of the molecule is [Si]c1c(Br)cccc1I. The van der Waals surface area contributed by atoms with Crippen LogP contribution in [0.1, 0.15) is 0 Å². The molecule has 9 heavy (non-hydrogen) atoms. The van der Waals surface area contributed by atoms with Gasteiger partial charge in [0.1, 0.15) is 0 Å². The lowest BCUT2D eigenvalue weighted by molar-refractivity contribution is 1.66. The lowest BCUT2D eigenvalue weighted by Gasteiger charge is -1.97. The summed E-state index contributed by atoms with van der Waals surface area (Å²) in [6, 6.07) is 6.06. The van der Waals surface area contributed by atoms with Crippen molar-refractivity contribution >= 4 is 54.0 Å². The van der Waals surface area contributed by atoms with E-state index in [-0.39, 0.29) is 0 Å². The van der Waals surface area contributed by atoms with Crippen LogP contribution in [-0.4, -0.2) is 10.2 Å². The molecule has 3 radical (unpaired) electrons. The fourth-order valence-corrected chi connectivity index (χ4v) is 1.90. The molecule has 45 valence electrons. The van der Waals surface area contributed by atoms with Gasteiger partial charge in [0.05, 0.1) is 10.2 Å². The second-order valence-corrected chi connectivity index (χ2v) is 4.11. The van der Waals surface area contributed by atoms with Crippen LogP contribution in [0.4, 0.5) is 0 Å². The van der Waals surface area contributed by atoms with Crippen LogP contribution < -0.4 is 5.19 Å². The Kier molecular flexibility index (Phi) is 2.72. The molecule has 0 unspecified atom stereocenters. The quantitative estimate of drug-likeness (QED) is 0.507. The van der Waals surface area contributed by atoms with Crippen LogP contribution >= 0.6 is 38.5 Å². The number of hydrogen-bond acceptors (Lipinski definition) is 0. The number of rotatable bonds is 0. The van der Waals surface area contributed by atoms with Gasteiger partial charge >= 0.3 is 0 Å². The molecule has 0 heterocycles. The topological polar surface area (TPSA) is 0 Å². The summed E-state index contributed by atoms with van der Waals surface area (Å²) in [6.07, 6.45) is 0. The van der Waals surface area contributed by atoms with Gasteiger partial charge in [0, 0.05) is 8.04 Å². The molecular weight excluding hydrogens is 307 g/mol. The summed E-state index contributed by atoms with van der Waals surface area (Å²) in [7, 11) is 3.47. The number of hydrogen-bond donors (Lipinski definition) is 0. The van der Waals surface area contributed by atoms with Crippen molar-refractivity contribution in [2.45, 2.75) is 0 Å². The summed E-state index contributed by atoms with van der Waals surface area (Å²) < 4.78 is 2.32. The summed E-state index contributed by atoms with van der Waals surface area (Å²) in [5.74, 6) is 0. The average Bonchev–Trinajstić information content (AvgIpc) is 1.83. The van der Waals surface area contributed by atoms with E-state index >= 15 is 0 Å². The lowest BCUT2D eigenvalue weighted by atomic mass is 10.4. The number of benzene rings is 1. The predicted molar refractivity (Wildman–Crippen MR) is 52.2 cm³/mol. The normalized spacial score (nSPS) is 9.67. The molecule has 1 aromatic carbocycles. The third kappa shape index (κ3) is 1.78. The summed E-state index contributed by atoms with van der Waals surface area (Å²) >= 11 is 5.66. The molecular formula is C6H3BrISi. The maximum Gasteiger partial charge on any atom is 0.0742 e. The highest BCUT2D eigenvalue weighted by Crippen LogP contribution is 2.08. The minimum Gasteiger partial charge on any atom is -0.0601 e. The van der Waals surface area contributed by atoms with E-state index in [1.165, 1.54) is 3.57 Å². The van der Waals surface area contributed by atoms with Gasteiger partial charge in [-0.3, -0.25) is 0 Å². The molecule has 0 aliphatic rings. The minimum absolute atomic E-state index is 1.10. The smallest absolute Gasteiger partial charge is 0.0601 e. The Morgan fingerprint density at radius 1 is 1.44 bits per heavy atom. The molecule has 0 aliphatic carbocycles. The van der Waals surface area contributed by atoms with Crippen molar-refractivity contribution in [1.29, 1.82) is 0 Å². The first-order valence-corrected chi connectivity index (χ1v) is 4.74. The fourth-order valence-electron chi connectivity index (χ4n) is 0.498. The summed E-state index contributed by atoms with van der Waals surface area (Å²) in [4.78, 5) is 0. The van der Waals surface area contributed by atoms with Crippen LogP contribution in [-0.2, 0) is 0 Å². The van der Waals surface area contributed by atoms with Crippen molar-refractivity contribution in [3.8, 4) is 0 Å². The Labute approximate surface area is 79.7 Å². The number of halogens is 2. The third-order valence-electron chi connectivity index (χ3n) is 0.963. The molecule has 0 atom stereocenters. The summed E-state index contributed by atoms with van der Waals surface area (Å²) in [5.41, 5.74) is 0. The van der Waals surface area contributed by atoms with Crippen LogP contribution in [0.2, 0.25) is 0 Å². The van der Waals surface area contributed by atoms with Gasteiger partial charge in [-0.25, -0.2) is 0 Å². The lowest BCUT2D eigenvalue weighted by Crippen LogP contribution is -2.07. The van der Waals surface area contributed by atoms with Crippen LogP contribution in [0.3, 0.4) is 0 Å². The first-order valence-electron chi connectivity index (χ1n) is 2.37. The molecule has 1 aromatic rings. The van der Waals surface area contributed by atoms with E-state index in [1.54, 1.807) is 0 Å². The third-order valence-corrected chi connectivity index (χ3v) is 3.94. The predicted octanol–water partition coefficient (Wildman–Crippen LogP) is 1.85. The second-order valence-electron chi connectivity index (χ2n) is 1.60. The van der Waals surface area contributed by atoms with Crippen molar-refractivity contribution in [3.05, 3.63) is 26.2 Å². The van der Waals surface area contributed by atoms with Crippen molar-refractivity contribution in [2.75, 3.05) is 0 Å². The Balaban J connectivity index is 3.25. The van der Waals surface area contributed by atoms with Gasteiger partial charge in [0.15, 0.2) is 0 Å². The van der Waals surface area contributed by atoms with Crippen molar-refractivity contribution < 1.29 is 0 Å². The van der Waals surface area contributed by atoms with Gasteiger partial charge in [-0.15, -0.1) is 0 Å². The molecule has 0 fully saturated rings. The van der Waals surface area contributed by atoms with E-state index in [0.717, 1.165) is 9.66 Å². The maximum atomic E-state index is 3.47.